The molecule has 0 spiro atoms. The maximum atomic E-state index is 5.38. The quantitative estimate of drug-likeness (QED) is 0.602. The molecule has 0 aromatic carbocycles. The Balaban J connectivity index is 2.52. The normalized spacial score (nSPS) is 34.0. The SMILES string of the molecule is CNC1CN(C)N(C)CC1OC. The van der Waals surface area contributed by atoms with Gasteiger partial charge in [-0.15, -0.1) is 0 Å². The highest BCUT2D eigenvalue weighted by Crippen LogP contribution is 2.10. The number of nitrogens with zero attached hydrogens (tertiary/aromatic N) is 2. The Morgan fingerprint density at radius 3 is 2.33 bits per heavy atom. The van der Waals surface area contributed by atoms with Crippen LogP contribution in [0.3, 0.4) is 0 Å². The second-order valence-electron chi connectivity index (χ2n) is 3.35. The number of hydrazine groups is 1. The van der Waals surface area contributed by atoms with E-state index in [2.05, 4.69) is 29.4 Å². The fourth-order valence-electron chi connectivity index (χ4n) is 1.58. The topological polar surface area (TPSA) is 27.7 Å². The number of likely N-dealkylation sites (N-methyl/N-ethyl adjacent to an activating group) is 3. The zero-order chi connectivity index (χ0) is 9.14. The monoisotopic (exact) mass is 173 g/mol. The average Bonchev–Trinajstić information content (AvgIpc) is 2.09. The van der Waals surface area contributed by atoms with Crippen LogP contribution in [0.2, 0.25) is 0 Å². The van der Waals surface area contributed by atoms with Gasteiger partial charge in [0.15, 0.2) is 0 Å². The van der Waals surface area contributed by atoms with Gasteiger partial charge in [-0.1, -0.05) is 0 Å². The third kappa shape index (κ3) is 1.95. The van der Waals surface area contributed by atoms with E-state index in [-0.39, 0.29) is 0 Å². The van der Waals surface area contributed by atoms with Crippen molar-refractivity contribution in [2.45, 2.75) is 12.1 Å². The molecular formula is C8H19N3O. The Hall–Kier alpha value is -0.160. The van der Waals surface area contributed by atoms with Gasteiger partial charge in [-0.2, -0.15) is 0 Å². The lowest BCUT2D eigenvalue weighted by Gasteiger charge is -2.41. The third-order valence-corrected chi connectivity index (χ3v) is 2.61. The van der Waals surface area contributed by atoms with E-state index >= 15 is 0 Å². The molecule has 0 aromatic heterocycles. The highest BCUT2D eigenvalue weighted by atomic mass is 16.5. The number of ether oxygens (including phenoxy) is 1. The van der Waals surface area contributed by atoms with Crippen molar-refractivity contribution in [1.29, 1.82) is 0 Å². The van der Waals surface area contributed by atoms with Gasteiger partial charge in [0, 0.05) is 40.3 Å². The standard InChI is InChI=1S/C8H19N3O/c1-9-7-5-10(2)11(3)6-8(7)12-4/h7-9H,5-6H2,1-4H3. The van der Waals surface area contributed by atoms with Gasteiger partial charge in [-0.25, -0.2) is 10.0 Å². The van der Waals surface area contributed by atoms with E-state index in [1.165, 1.54) is 0 Å². The lowest BCUT2D eigenvalue weighted by atomic mass is 10.1. The second-order valence-corrected chi connectivity index (χ2v) is 3.35. The van der Waals surface area contributed by atoms with Crippen LogP contribution in [0, 0.1) is 0 Å². The zero-order valence-corrected chi connectivity index (χ0v) is 8.37. The molecular weight excluding hydrogens is 154 g/mol. The molecule has 72 valence electrons. The molecule has 1 saturated heterocycles. The smallest absolute Gasteiger partial charge is 0.0877 e. The van der Waals surface area contributed by atoms with Crippen molar-refractivity contribution in [3.05, 3.63) is 0 Å². The van der Waals surface area contributed by atoms with Crippen LogP contribution >= 0.6 is 0 Å². The van der Waals surface area contributed by atoms with Crippen LogP contribution in [-0.2, 0) is 4.74 Å². The zero-order valence-electron chi connectivity index (χ0n) is 8.37. The molecule has 1 heterocycles. The highest BCUT2D eigenvalue weighted by molar-refractivity contribution is 4.83. The van der Waals surface area contributed by atoms with Crippen LogP contribution in [0.4, 0.5) is 0 Å². The van der Waals surface area contributed by atoms with E-state index in [1.807, 2.05) is 7.05 Å². The first-order valence-electron chi connectivity index (χ1n) is 4.31. The molecule has 2 atom stereocenters. The summed E-state index contributed by atoms with van der Waals surface area (Å²) >= 11 is 0. The summed E-state index contributed by atoms with van der Waals surface area (Å²) in [5.41, 5.74) is 0. The van der Waals surface area contributed by atoms with Crippen molar-refractivity contribution in [3.8, 4) is 0 Å². The van der Waals surface area contributed by atoms with Crippen molar-refractivity contribution in [2.24, 2.45) is 0 Å². The van der Waals surface area contributed by atoms with E-state index in [0.29, 0.717) is 12.1 Å². The Kier molecular flexibility index (Phi) is 3.46. The van der Waals surface area contributed by atoms with Crippen molar-refractivity contribution in [3.63, 3.8) is 0 Å². The van der Waals surface area contributed by atoms with Gasteiger partial charge >= 0.3 is 0 Å². The summed E-state index contributed by atoms with van der Waals surface area (Å²) in [6.07, 6.45) is 0.302. The number of methoxy groups -OCH3 is 1. The van der Waals surface area contributed by atoms with Gasteiger partial charge in [-0.3, -0.25) is 0 Å². The fourth-order valence-corrected chi connectivity index (χ4v) is 1.58. The number of nitrogens with one attached hydrogen (secondary N) is 1. The molecule has 1 fully saturated rings. The Morgan fingerprint density at radius 1 is 1.25 bits per heavy atom. The predicted molar refractivity (Wildman–Crippen MR) is 48.9 cm³/mol. The van der Waals surface area contributed by atoms with E-state index in [0.717, 1.165) is 13.1 Å². The van der Waals surface area contributed by atoms with E-state index in [1.54, 1.807) is 7.11 Å². The lowest BCUT2D eigenvalue weighted by Crippen LogP contribution is -2.60. The molecule has 12 heavy (non-hydrogen) atoms. The van der Waals surface area contributed by atoms with Gasteiger partial charge in [-0.05, 0) is 7.05 Å². The maximum Gasteiger partial charge on any atom is 0.0877 e. The molecule has 0 bridgehead atoms. The largest absolute Gasteiger partial charge is 0.378 e. The number of hydrogen-bond donors (Lipinski definition) is 1. The molecule has 0 radical (unpaired) electrons. The summed E-state index contributed by atoms with van der Waals surface area (Å²) in [5, 5.41) is 7.65. The minimum atomic E-state index is 0.302. The van der Waals surface area contributed by atoms with Crippen molar-refractivity contribution < 1.29 is 4.74 Å². The van der Waals surface area contributed by atoms with Gasteiger partial charge in [0.05, 0.1) is 6.10 Å². The van der Waals surface area contributed by atoms with Crippen molar-refractivity contribution in [2.75, 3.05) is 41.3 Å². The first kappa shape index (κ1) is 9.92. The van der Waals surface area contributed by atoms with Crippen molar-refractivity contribution >= 4 is 0 Å². The van der Waals surface area contributed by atoms with E-state index < -0.39 is 0 Å². The molecule has 0 aromatic rings. The number of rotatable bonds is 2. The molecule has 2 unspecified atom stereocenters. The van der Waals surface area contributed by atoms with Crippen LogP contribution in [0.25, 0.3) is 0 Å². The van der Waals surface area contributed by atoms with E-state index in [4.69, 9.17) is 4.74 Å². The van der Waals surface area contributed by atoms with Crippen LogP contribution < -0.4 is 5.32 Å². The van der Waals surface area contributed by atoms with E-state index in [9.17, 15) is 0 Å². The summed E-state index contributed by atoms with van der Waals surface area (Å²) in [4.78, 5) is 0. The van der Waals surface area contributed by atoms with Gasteiger partial charge in [0.25, 0.3) is 0 Å². The number of hydrogen-bond acceptors (Lipinski definition) is 4. The Bertz CT molecular complexity index is 126. The molecule has 4 heteroatoms. The van der Waals surface area contributed by atoms with Crippen LogP contribution in [0.5, 0.6) is 0 Å². The minimum Gasteiger partial charge on any atom is -0.378 e. The summed E-state index contributed by atoms with van der Waals surface area (Å²) in [7, 11) is 7.93. The summed E-state index contributed by atoms with van der Waals surface area (Å²) in [6, 6.07) is 0.441. The predicted octanol–water partition coefficient (Wildman–Crippen LogP) is -0.618. The average molecular weight is 173 g/mol. The summed E-state index contributed by atoms with van der Waals surface area (Å²) in [5.74, 6) is 0. The van der Waals surface area contributed by atoms with Crippen LogP contribution in [0.1, 0.15) is 0 Å². The van der Waals surface area contributed by atoms with Gasteiger partial charge in [0.1, 0.15) is 0 Å². The maximum absolute atomic E-state index is 5.38. The minimum absolute atomic E-state index is 0.302. The Labute approximate surface area is 74.4 Å². The first-order valence-corrected chi connectivity index (χ1v) is 4.31. The highest BCUT2D eigenvalue weighted by Gasteiger charge is 2.29. The molecule has 1 rings (SSSR count). The summed E-state index contributed by atoms with van der Waals surface area (Å²) in [6.45, 7) is 1.96. The molecule has 1 aliphatic heterocycles. The van der Waals surface area contributed by atoms with Crippen LogP contribution in [-0.4, -0.2) is 63.5 Å². The lowest BCUT2D eigenvalue weighted by molar-refractivity contribution is -0.0880. The van der Waals surface area contributed by atoms with Crippen LogP contribution in [0.15, 0.2) is 0 Å². The molecule has 1 N–H and O–H groups in total. The molecule has 0 amide bonds. The first-order chi connectivity index (χ1) is 5.69. The van der Waals surface area contributed by atoms with Crippen molar-refractivity contribution in [1.82, 2.24) is 15.3 Å². The fraction of sp³-hybridized carbons (Fsp3) is 1.00. The van der Waals surface area contributed by atoms with Gasteiger partial charge < -0.3 is 10.1 Å². The van der Waals surface area contributed by atoms with Gasteiger partial charge in [0.2, 0.25) is 0 Å². The molecule has 0 saturated carbocycles. The second kappa shape index (κ2) is 4.18. The Morgan fingerprint density at radius 2 is 1.83 bits per heavy atom. The molecule has 1 aliphatic rings. The molecule has 4 nitrogen and oxygen atoms in total. The third-order valence-electron chi connectivity index (χ3n) is 2.61. The molecule has 0 aliphatic carbocycles. The summed E-state index contributed by atoms with van der Waals surface area (Å²) < 4.78 is 5.38.